The molecule has 31 heavy (non-hydrogen) atoms. The molecule has 0 spiro atoms. The fourth-order valence-corrected chi connectivity index (χ4v) is 5.83. The molecule has 1 aliphatic carbocycles. The maximum Gasteiger partial charge on any atom is 0.209 e. The van der Waals surface area contributed by atoms with Crippen LogP contribution < -0.4 is 10.0 Å². The van der Waals surface area contributed by atoms with E-state index in [0.29, 0.717) is 25.5 Å². The monoisotopic (exact) mass is 447 g/mol. The molecule has 1 aromatic rings. The Balaban J connectivity index is 1.38. The summed E-state index contributed by atoms with van der Waals surface area (Å²) in [7, 11) is -3.32. The van der Waals surface area contributed by atoms with Gasteiger partial charge in [0.25, 0.3) is 0 Å². The second kappa shape index (κ2) is 9.73. The van der Waals surface area contributed by atoms with Crippen LogP contribution >= 0.6 is 0 Å². The molecule has 1 saturated heterocycles. The fourth-order valence-electron chi connectivity index (χ4n) is 5.00. The fraction of sp³-hybridized carbons (Fsp3) is 0.565. The largest absolute Gasteiger partial charge is 0.376 e. The lowest BCUT2D eigenvalue weighted by Crippen LogP contribution is -2.47. The summed E-state index contributed by atoms with van der Waals surface area (Å²) in [6, 6.07) is 10.3. The van der Waals surface area contributed by atoms with Crippen LogP contribution in [0, 0.1) is 0 Å². The van der Waals surface area contributed by atoms with Crippen molar-refractivity contribution in [3.63, 3.8) is 0 Å². The molecular formula is C23H33N3O4S. The molecule has 1 unspecified atom stereocenters. The zero-order chi connectivity index (χ0) is 21.8. The molecule has 2 fully saturated rings. The molecule has 3 N–H and O–H groups in total. The molecule has 0 radical (unpaired) electrons. The first-order chi connectivity index (χ1) is 14.9. The number of rotatable bonds is 7. The van der Waals surface area contributed by atoms with Gasteiger partial charge in [0.15, 0.2) is 0 Å². The number of hydrogen-bond acceptors (Lipinski definition) is 6. The number of aliphatic hydroxyl groups is 1. The van der Waals surface area contributed by atoms with Crippen molar-refractivity contribution in [1.29, 1.82) is 0 Å². The molecule has 170 valence electrons. The molecule has 0 aromatic heterocycles. The average Bonchev–Trinajstić information content (AvgIpc) is 3.14. The molecule has 1 saturated carbocycles. The van der Waals surface area contributed by atoms with Crippen LogP contribution in [0.25, 0.3) is 0 Å². The van der Waals surface area contributed by atoms with Gasteiger partial charge in [0.2, 0.25) is 10.0 Å². The molecule has 3 atom stereocenters. The molecule has 0 bridgehead atoms. The lowest BCUT2D eigenvalue weighted by atomic mass is 9.83. The van der Waals surface area contributed by atoms with Gasteiger partial charge in [-0.15, -0.1) is 0 Å². The highest BCUT2D eigenvalue weighted by atomic mass is 32.2. The summed E-state index contributed by atoms with van der Waals surface area (Å²) in [5.41, 5.74) is 2.30. The van der Waals surface area contributed by atoms with Gasteiger partial charge in [0.1, 0.15) is 6.23 Å². The first-order valence-corrected chi connectivity index (χ1v) is 13.0. The third-order valence-electron chi connectivity index (χ3n) is 6.54. The molecule has 2 aliphatic heterocycles. The summed E-state index contributed by atoms with van der Waals surface area (Å²) in [6.45, 7) is 1.17. The normalized spacial score (nSPS) is 31.4. The Morgan fingerprint density at radius 3 is 2.58 bits per heavy atom. The van der Waals surface area contributed by atoms with Crippen molar-refractivity contribution in [2.24, 2.45) is 0 Å². The Morgan fingerprint density at radius 2 is 1.90 bits per heavy atom. The van der Waals surface area contributed by atoms with E-state index in [-0.39, 0.29) is 18.2 Å². The van der Waals surface area contributed by atoms with Gasteiger partial charge in [0.05, 0.1) is 25.0 Å². The average molecular weight is 448 g/mol. The maximum absolute atomic E-state index is 11.9. The van der Waals surface area contributed by atoms with Crippen molar-refractivity contribution in [3.05, 3.63) is 59.9 Å². The van der Waals surface area contributed by atoms with Gasteiger partial charge in [0, 0.05) is 24.5 Å². The summed E-state index contributed by atoms with van der Waals surface area (Å²) in [4.78, 5) is 2.15. The van der Waals surface area contributed by atoms with Crippen LogP contribution in [-0.2, 0) is 14.8 Å². The summed E-state index contributed by atoms with van der Waals surface area (Å²) in [5, 5.41) is 12.8. The number of dihydropyridines is 1. The Kier molecular flexibility index (Phi) is 7.01. The standard InChI is InChI=1S/C23H33N3O4S/c1-31(28,29)25-21-12-14-26(19-11-13-24-23(27)15-19)22(21)16-30-20-9-7-18(8-10-20)17-5-3-2-4-6-17/h2-6,11,13,15,18,20-25,27H,7-10,12,14,16H2,1H3/t18?,20?,21-,22-,23?/m0/s1. The lowest BCUT2D eigenvalue weighted by Gasteiger charge is -2.35. The van der Waals surface area contributed by atoms with Gasteiger partial charge in [-0.05, 0) is 55.7 Å². The highest BCUT2D eigenvalue weighted by molar-refractivity contribution is 7.88. The number of nitrogens with one attached hydrogen (secondary N) is 2. The second-order valence-electron chi connectivity index (χ2n) is 8.80. The molecule has 8 heteroatoms. The van der Waals surface area contributed by atoms with Crippen molar-refractivity contribution in [2.45, 2.75) is 62.4 Å². The minimum absolute atomic E-state index is 0.109. The van der Waals surface area contributed by atoms with E-state index < -0.39 is 16.3 Å². The number of likely N-dealkylation sites (tertiary alicyclic amines) is 1. The van der Waals surface area contributed by atoms with Gasteiger partial charge in [-0.25, -0.2) is 13.1 Å². The zero-order valence-corrected chi connectivity index (χ0v) is 18.8. The number of ether oxygens (including phenoxy) is 1. The Morgan fingerprint density at radius 1 is 1.16 bits per heavy atom. The van der Waals surface area contributed by atoms with Crippen molar-refractivity contribution in [2.75, 3.05) is 19.4 Å². The van der Waals surface area contributed by atoms with Crippen molar-refractivity contribution in [1.82, 2.24) is 14.9 Å². The van der Waals surface area contributed by atoms with Crippen molar-refractivity contribution in [3.8, 4) is 0 Å². The van der Waals surface area contributed by atoms with Crippen LogP contribution in [0.1, 0.15) is 43.6 Å². The molecular weight excluding hydrogens is 414 g/mol. The van der Waals surface area contributed by atoms with Crippen molar-refractivity contribution >= 4 is 10.0 Å². The smallest absolute Gasteiger partial charge is 0.209 e. The second-order valence-corrected chi connectivity index (χ2v) is 10.6. The van der Waals surface area contributed by atoms with Crippen LogP contribution in [0.3, 0.4) is 0 Å². The van der Waals surface area contributed by atoms with Gasteiger partial charge in [-0.2, -0.15) is 0 Å². The van der Waals surface area contributed by atoms with Crippen molar-refractivity contribution < 1.29 is 18.3 Å². The summed E-state index contributed by atoms with van der Waals surface area (Å²) in [6.07, 6.45) is 11.0. The highest BCUT2D eigenvalue weighted by Crippen LogP contribution is 2.34. The number of sulfonamides is 1. The quantitative estimate of drug-likeness (QED) is 0.593. The van der Waals surface area contributed by atoms with Crippen LogP contribution in [0.15, 0.2) is 54.4 Å². The number of benzene rings is 1. The van der Waals surface area contributed by atoms with E-state index >= 15 is 0 Å². The van der Waals surface area contributed by atoms with Gasteiger partial charge < -0.3 is 20.1 Å². The number of nitrogens with zero attached hydrogens (tertiary/aromatic N) is 1. The SMILES string of the molecule is CS(=O)(=O)N[C@H]1CCN(C2=CC(O)NC=C2)[C@H]1COC1CCC(c2ccccc2)CC1. The third kappa shape index (κ3) is 5.88. The van der Waals surface area contributed by atoms with Gasteiger partial charge in [-0.3, -0.25) is 0 Å². The van der Waals surface area contributed by atoms with E-state index in [1.54, 1.807) is 12.3 Å². The van der Waals surface area contributed by atoms with Crippen LogP contribution in [0.5, 0.6) is 0 Å². The summed E-state index contributed by atoms with van der Waals surface area (Å²) < 4.78 is 32.9. The number of hydrogen-bond donors (Lipinski definition) is 3. The molecule has 0 amide bonds. The first kappa shape index (κ1) is 22.3. The lowest BCUT2D eigenvalue weighted by molar-refractivity contribution is -0.00123. The predicted molar refractivity (Wildman–Crippen MR) is 121 cm³/mol. The van der Waals surface area contributed by atoms with E-state index in [2.05, 4.69) is 45.3 Å². The summed E-state index contributed by atoms with van der Waals surface area (Å²) >= 11 is 0. The molecule has 4 rings (SSSR count). The highest BCUT2D eigenvalue weighted by Gasteiger charge is 2.37. The summed E-state index contributed by atoms with van der Waals surface area (Å²) in [5.74, 6) is 0.593. The first-order valence-electron chi connectivity index (χ1n) is 11.1. The van der Waals surface area contributed by atoms with E-state index in [1.807, 2.05) is 6.08 Å². The van der Waals surface area contributed by atoms with Crippen LogP contribution in [0.2, 0.25) is 0 Å². The van der Waals surface area contributed by atoms with Gasteiger partial charge >= 0.3 is 0 Å². The molecule has 2 heterocycles. The van der Waals surface area contributed by atoms with Crippen LogP contribution in [0.4, 0.5) is 0 Å². The Hall–Kier alpha value is -1.87. The van der Waals surface area contributed by atoms with Crippen LogP contribution in [-0.4, -0.2) is 62.2 Å². The molecule has 1 aromatic carbocycles. The molecule has 3 aliphatic rings. The minimum atomic E-state index is -3.32. The predicted octanol–water partition coefficient (Wildman–Crippen LogP) is 2.04. The third-order valence-corrected chi connectivity index (χ3v) is 7.27. The van der Waals surface area contributed by atoms with E-state index in [1.165, 1.54) is 11.8 Å². The van der Waals surface area contributed by atoms with Gasteiger partial charge in [-0.1, -0.05) is 30.3 Å². The zero-order valence-electron chi connectivity index (χ0n) is 18.0. The number of aliphatic hydroxyl groups excluding tert-OH is 1. The maximum atomic E-state index is 11.9. The van der Waals surface area contributed by atoms with E-state index in [4.69, 9.17) is 4.74 Å². The number of allylic oxidation sites excluding steroid dienone is 1. The topological polar surface area (TPSA) is 90.9 Å². The van der Waals surface area contributed by atoms with E-state index in [9.17, 15) is 13.5 Å². The van der Waals surface area contributed by atoms with E-state index in [0.717, 1.165) is 31.4 Å². The minimum Gasteiger partial charge on any atom is -0.376 e. The Bertz CT molecular complexity index is 895. The molecule has 7 nitrogen and oxygen atoms in total. The Labute approximate surface area is 185 Å².